The number of rotatable bonds is 1. The van der Waals surface area contributed by atoms with Crippen molar-refractivity contribution in [1.29, 1.82) is 0 Å². The van der Waals surface area contributed by atoms with E-state index in [1.165, 1.54) is 38.8 Å². The average Bonchev–Trinajstić information content (AvgIpc) is 2.61. The Balaban J connectivity index is 1.97. The van der Waals surface area contributed by atoms with Crippen LogP contribution in [0.3, 0.4) is 0 Å². The molecule has 1 N–H and O–H groups in total. The van der Waals surface area contributed by atoms with Crippen LogP contribution in [0.25, 0.3) is 0 Å². The van der Waals surface area contributed by atoms with Gasteiger partial charge in [-0.05, 0) is 50.6 Å². The molecule has 0 aromatic heterocycles. The SMILES string of the molecule is CN1CC[C@]2(CC[C@@H](CO)C2)C1. The van der Waals surface area contributed by atoms with Gasteiger partial charge in [0, 0.05) is 13.2 Å². The topological polar surface area (TPSA) is 23.5 Å². The molecule has 2 nitrogen and oxygen atoms in total. The van der Waals surface area contributed by atoms with Crippen molar-refractivity contribution < 1.29 is 5.11 Å². The maximum atomic E-state index is 9.06. The smallest absolute Gasteiger partial charge is 0.0459 e. The Bertz CT molecular complexity index is 171. The van der Waals surface area contributed by atoms with Crippen molar-refractivity contribution in [2.24, 2.45) is 11.3 Å². The second kappa shape index (κ2) is 3.00. The van der Waals surface area contributed by atoms with Gasteiger partial charge in [-0.1, -0.05) is 0 Å². The molecule has 2 fully saturated rings. The third kappa shape index (κ3) is 1.38. The number of nitrogens with zero attached hydrogens (tertiary/aromatic N) is 1. The van der Waals surface area contributed by atoms with Crippen LogP contribution in [0, 0.1) is 11.3 Å². The Morgan fingerprint density at radius 1 is 1.50 bits per heavy atom. The fourth-order valence-corrected chi connectivity index (χ4v) is 3.01. The molecule has 1 aliphatic carbocycles. The lowest BCUT2D eigenvalue weighted by atomic mass is 9.84. The lowest BCUT2D eigenvalue weighted by molar-refractivity contribution is 0.208. The Morgan fingerprint density at radius 2 is 2.33 bits per heavy atom. The Kier molecular flexibility index (Phi) is 2.13. The molecule has 2 atom stereocenters. The zero-order valence-electron chi connectivity index (χ0n) is 7.92. The van der Waals surface area contributed by atoms with Crippen molar-refractivity contribution in [2.75, 3.05) is 26.7 Å². The largest absolute Gasteiger partial charge is 0.396 e. The van der Waals surface area contributed by atoms with Crippen LogP contribution in [0.1, 0.15) is 25.7 Å². The van der Waals surface area contributed by atoms with E-state index in [9.17, 15) is 0 Å². The first kappa shape index (κ1) is 8.52. The molecular weight excluding hydrogens is 150 g/mol. The quantitative estimate of drug-likeness (QED) is 0.635. The number of aliphatic hydroxyl groups excluding tert-OH is 1. The lowest BCUT2D eigenvalue weighted by Crippen LogP contribution is -2.22. The third-order valence-corrected chi connectivity index (χ3v) is 3.69. The highest BCUT2D eigenvalue weighted by Gasteiger charge is 2.42. The summed E-state index contributed by atoms with van der Waals surface area (Å²) < 4.78 is 0. The van der Waals surface area contributed by atoms with Crippen molar-refractivity contribution in [3.05, 3.63) is 0 Å². The van der Waals surface area contributed by atoms with Crippen LogP contribution in [0.5, 0.6) is 0 Å². The molecule has 0 bridgehead atoms. The molecule has 1 heterocycles. The second-order valence-electron chi connectivity index (χ2n) is 4.78. The van der Waals surface area contributed by atoms with Crippen LogP contribution in [0.2, 0.25) is 0 Å². The molecule has 1 spiro atoms. The number of hydrogen-bond donors (Lipinski definition) is 1. The highest BCUT2D eigenvalue weighted by Crippen LogP contribution is 2.47. The fraction of sp³-hybridized carbons (Fsp3) is 1.00. The monoisotopic (exact) mass is 169 g/mol. The van der Waals surface area contributed by atoms with Gasteiger partial charge in [-0.3, -0.25) is 0 Å². The van der Waals surface area contributed by atoms with E-state index in [1.807, 2.05) is 0 Å². The molecule has 70 valence electrons. The van der Waals surface area contributed by atoms with Gasteiger partial charge in [-0.2, -0.15) is 0 Å². The Morgan fingerprint density at radius 3 is 2.83 bits per heavy atom. The van der Waals surface area contributed by atoms with Crippen LogP contribution in [0.4, 0.5) is 0 Å². The van der Waals surface area contributed by atoms with E-state index in [2.05, 4.69) is 11.9 Å². The van der Waals surface area contributed by atoms with Crippen LogP contribution < -0.4 is 0 Å². The summed E-state index contributed by atoms with van der Waals surface area (Å²) in [4.78, 5) is 2.43. The molecule has 1 saturated carbocycles. The van der Waals surface area contributed by atoms with E-state index in [4.69, 9.17) is 5.11 Å². The molecule has 0 amide bonds. The van der Waals surface area contributed by atoms with Gasteiger partial charge in [0.05, 0.1) is 0 Å². The molecule has 1 aliphatic heterocycles. The highest BCUT2D eigenvalue weighted by atomic mass is 16.3. The highest BCUT2D eigenvalue weighted by molar-refractivity contribution is 4.95. The normalized spacial score (nSPS) is 43.0. The van der Waals surface area contributed by atoms with Crippen LogP contribution >= 0.6 is 0 Å². The third-order valence-electron chi connectivity index (χ3n) is 3.69. The molecule has 12 heavy (non-hydrogen) atoms. The van der Waals surface area contributed by atoms with Gasteiger partial charge in [-0.25, -0.2) is 0 Å². The fourth-order valence-electron chi connectivity index (χ4n) is 3.01. The van der Waals surface area contributed by atoms with Crippen molar-refractivity contribution in [1.82, 2.24) is 4.90 Å². The molecule has 0 unspecified atom stereocenters. The van der Waals surface area contributed by atoms with Gasteiger partial charge in [0.15, 0.2) is 0 Å². The van der Waals surface area contributed by atoms with E-state index in [0.29, 0.717) is 17.9 Å². The van der Waals surface area contributed by atoms with Crippen LogP contribution in [-0.4, -0.2) is 36.8 Å². The summed E-state index contributed by atoms with van der Waals surface area (Å²) in [6.07, 6.45) is 5.24. The molecule has 2 rings (SSSR count). The summed E-state index contributed by atoms with van der Waals surface area (Å²) in [6, 6.07) is 0. The van der Waals surface area contributed by atoms with Crippen molar-refractivity contribution in [3.8, 4) is 0 Å². The van der Waals surface area contributed by atoms with E-state index < -0.39 is 0 Å². The molecule has 2 aliphatic rings. The van der Waals surface area contributed by atoms with Crippen molar-refractivity contribution >= 4 is 0 Å². The van der Waals surface area contributed by atoms with Crippen LogP contribution in [0.15, 0.2) is 0 Å². The van der Waals surface area contributed by atoms with Gasteiger partial charge >= 0.3 is 0 Å². The van der Waals surface area contributed by atoms with Gasteiger partial charge in [0.2, 0.25) is 0 Å². The number of likely N-dealkylation sites (tertiary alicyclic amines) is 1. The number of hydrogen-bond acceptors (Lipinski definition) is 2. The predicted octanol–water partition coefficient (Wildman–Crippen LogP) is 1.10. The minimum Gasteiger partial charge on any atom is -0.396 e. The first-order chi connectivity index (χ1) is 5.74. The predicted molar refractivity (Wildman–Crippen MR) is 49.0 cm³/mol. The summed E-state index contributed by atoms with van der Waals surface area (Å²) in [5, 5.41) is 9.06. The Labute approximate surface area is 74.6 Å². The van der Waals surface area contributed by atoms with E-state index in [-0.39, 0.29) is 0 Å². The van der Waals surface area contributed by atoms with E-state index in [1.54, 1.807) is 0 Å². The summed E-state index contributed by atoms with van der Waals surface area (Å²) in [6.45, 7) is 2.94. The van der Waals surface area contributed by atoms with E-state index >= 15 is 0 Å². The Hall–Kier alpha value is -0.0800. The summed E-state index contributed by atoms with van der Waals surface area (Å²) in [5.74, 6) is 0.608. The molecule has 0 aromatic rings. The maximum absolute atomic E-state index is 9.06. The maximum Gasteiger partial charge on any atom is 0.0459 e. The zero-order chi connectivity index (χ0) is 8.60. The van der Waals surface area contributed by atoms with Gasteiger partial charge in [0.25, 0.3) is 0 Å². The van der Waals surface area contributed by atoms with Gasteiger partial charge < -0.3 is 10.0 Å². The summed E-state index contributed by atoms with van der Waals surface area (Å²) in [5.41, 5.74) is 0.599. The van der Waals surface area contributed by atoms with E-state index in [0.717, 1.165) is 0 Å². The molecule has 0 aromatic carbocycles. The molecule has 0 radical (unpaired) electrons. The van der Waals surface area contributed by atoms with Gasteiger partial charge in [0.1, 0.15) is 0 Å². The van der Waals surface area contributed by atoms with Gasteiger partial charge in [-0.15, -0.1) is 0 Å². The number of aliphatic hydroxyl groups is 1. The molecule has 2 heteroatoms. The second-order valence-corrected chi connectivity index (χ2v) is 4.78. The first-order valence-corrected chi connectivity index (χ1v) is 5.03. The minimum atomic E-state index is 0.408. The lowest BCUT2D eigenvalue weighted by Gasteiger charge is -2.22. The molecular formula is C10H19NO. The molecule has 1 saturated heterocycles. The first-order valence-electron chi connectivity index (χ1n) is 5.03. The summed E-state index contributed by atoms with van der Waals surface area (Å²) in [7, 11) is 2.21. The minimum absolute atomic E-state index is 0.408. The summed E-state index contributed by atoms with van der Waals surface area (Å²) >= 11 is 0. The average molecular weight is 169 g/mol. The van der Waals surface area contributed by atoms with Crippen molar-refractivity contribution in [2.45, 2.75) is 25.7 Å². The van der Waals surface area contributed by atoms with Crippen LogP contribution in [-0.2, 0) is 0 Å². The zero-order valence-corrected chi connectivity index (χ0v) is 7.92. The van der Waals surface area contributed by atoms with Crippen molar-refractivity contribution in [3.63, 3.8) is 0 Å². The standard InChI is InChI=1S/C10H19NO/c1-11-5-4-10(8-11)3-2-9(6-10)7-12/h9,12H,2-8H2,1H3/t9-,10+/m1/s1.